The van der Waals surface area contributed by atoms with E-state index in [1.165, 1.54) is 12.7 Å². The summed E-state index contributed by atoms with van der Waals surface area (Å²) in [7, 11) is -2.36. The summed E-state index contributed by atoms with van der Waals surface area (Å²) in [5, 5.41) is 2.96. The van der Waals surface area contributed by atoms with Gasteiger partial charge in [0.2, 0.25) is 9.84 Å². The molecule has 0 amide bonds. The van der Waals surface area contributed by atoms with Crippen LogP contribution in [0.5, 0.6) is 0 Å². The molecule has 1 N–H and O–H groups in total. The van der Waals surface area contributed by atoms with Crippen LogP contribution in [0.2, 0.25) is 0 Å². The lowest BCUT2D eigenvalue weighted by molar-refractivity contribution is -0.147. The van der Waals surface area contributed by atoms with Gasteiger partial charge in [0.1, 0.15) is 0 Å². The molecule has 0 spiro atoms. The summed E-state index contributed by atoms with van der Waals surface area (Å²) in [4.78, 5) is 12.7. The number of methoxy groups -OCH3 is 1. The zero-order valence-electron chi connectivity index (χ0n) is 18.7. The van der Waals surface area contributed by atoms with Gasteiger partial charge in [0.05, 0.1) is 16.9 Å². The molecule has 1 atom stereocenters. The second-order valence-corrected chi connectivity index (χ2v) is 11.7. The summed E-state index contributed by atoms with van der Waals surface area (Å²) >= 11 is 0. The zero-order valence-corrected chi connectivity index (χ0v) is 19.5. The third kappa shape index (κ3) is 3.28. The second-order valence-electron chi connectivity index (χ2n) is 9.78. The zero-order chi connectivity index (χ0) is 22.7. The molecule has 0 radical (unpaired) electrons. The lowest BCUT2D eigenvalue weighted by Gasteiger charge is -2.42. The van der Waals surface area contributed by atoms with Crippen LogP contribution >= 0.6 is 0 Å². The summed E-state index contributed by atoms with van der Waals surface area (Å²) < 4.78 is 31.7. The molecule has 0 fully saturated rings. The van der Waals surface area contributed by atoms with Gasteiger partial charge >= 0.3 is 5.97 Å². The Morgan fingerprint density at radius 1 is 0.903 bits per heavy atom. The maximum atomic E-state index is 13.4. The Kier molecular flexibility index (Phi) is 4.85. The first-order valence-electron chi connectivity index (χ1n) is 10.5. The van der Waals surface area contributed by atoms with Crippen LogP contribution < -0.4 is 5.32 Å². The molecule has 164 valence electrons. The molecule has 0 saturated heterocycles. The summed E-state index contributed by atoms with van der Waals surface area (Å²) in [6, 6.07) is 12.0. The monoisotopic (exact) mass is 439 g/mol. The first kappa shape index (κ1) is 21.6. The fourth-order valence-corrected chi connectivity index (χ4v) is 5.89. The van der Waals surface area contributed by atoms with E-state index < -0.39 is 21.3 Å². The number of rotatable bonds is 4. The molecule has 2 aromatic rings. The van der Waals surface area contributed by atoms with E-state index in [0.29, 0.717) is 10.5 Å². The molecule has 0 aromatic heterocycles. The number of nitrogens with one attached hydrogen (secondary N) is 1. The molecule has 2 aliphatic rings. The van der Waals surface area contributed by atoms with Gasteiger partial charge in [-0.05, 0) is 76.9 Å². The highest BCUT2D eigenvalue weighted by molar-refractivity contribution is 7.91. The number of carbonyl (C=O) groups excluding carboxylic acids is 1. The Bertz CT molecular complexity index is 1180. The van der Waals surface area contributed by atoms with E-state index in [1.54, 1.807) is 42.6 Å². The van der Waals surface area contributed by atoms with Crippen LogP contribution in [0.4, 0.5) is 0 Å². The fourth-order valence-electron chi connectivity index (χ4n) is 4.60. The Labute approximate surface area is 184 Å². The van der Waals surface area contributed by atoms with Gasteiger partial charge in [0.25, 0.3) is 0 Å². The molecular weight excluding hydrogens is 410 g/mol. The number of esters is 1. The highest BCUT2D eigenvalue weighted by atomic mass is 32.2. The molecule has 5 nitrogen and oxygen atoms in total. The lowest BCUT2D eigenvalue weighted by atomic mass is 9.63. The summed E-state index contributed by atoms with van der Waals surface area (Å²) in [5.41, 5.74) is 1.86. The van der Waals surface area contributed by atoms with Gasteiger partial charge in [-0.15, -0.1) is 0 Å². The maximum absolute atomic E-state index is 13.4. The van der Waals surface area contributed by atoms with Crippen molar-refractivity contribution in [3.63, 3.8) is 0 Å². The average molecular weight is 440 g/mol. The van der Waals surface area contributed by atoms with Crippen LogP contribution in [0.1, 0.15) is 57.2 Å². The van der Waals surface area contributed by atoms with Crippen molar-refractivity contribution in [2.24, 2.45) is 0 Å². The van der Waals surface area contributed by atoms with Gasteiger partial charge in [-0.3, -0.25) is 0 Å². The minimum atomic E-state index is -3.69. The van der Waals surface area contributed by atoms with Crippen LogP contribution in [0.15, 0.2) is 64.5 Å². The van der Waals surface area contributed by atoms with E-state index in [0.717, 1.165) is 18.4 Å². The topological polar surface area (TPSA) is 72.5 Å². The number of benzene rings is 2. The molecular formula is C25H29NO4S. The van der Waals surface area contributed by atoms with Crippen molar-refractivity contribution in [2.45, 2.75) is 66.7 Å². The van der Waals surface area contributed by atoms with Crippen molar-refractivity contribution in [1.82, 2.24) is 5.32 Å². The molecule has 1 aliphatic heterocycles. The van der Waals surface area contributed by atoms with Gasteiger partial charge in [0.15, 0.2) is 5.54 Å². The van der Waals surface area contributed by atoms with Crippen molar-refractivity contribution >= 4 is 15.8 Å². The van der Waals surface area contributed by atoms with Gasteiger partial charge in [-0.2, -0.15) is 0 Å². The molecule has 4 rings (SSSR count). The number of fused-ring (bicyclic) bond motifs is 1. The quantitative estimate of drug-likeness (QED) is 0.717. The first-order valence-corrected chi connectivity index (χ1v) is 12.0. The Morgan fingerprint density at radius 2 is 1.45 bits per heavy atom. The standard InChI is InChI=1S/C25H29NO4S/c1-23(2)12-13-24(3,4)21-16-19(10-11-20(21)23)31(28,29)18-8-6-17(7-9-18)25(14-15-26-25)22(27)30-5/h6-11,14-16,26H,12-13H2,1-5H3. The van der Waals surface area contributed by atoms with E-state index in [2.05, 4.69) is 33.0 Å². The van der Waals surface area contributed by atoms with E-state index in [1.807, 2.05) is 12.1 Å². The Morgan fingerprint density at radius 3 is 1.97 bits per heavy atom. The van der Waals surface area contributed by atoms with Crippen LogP contribution in [0, 0.1) is 0 Å². The van der Waals surface area contributed by atoms with E-state index in [4.69, 9.17) is 4.74 Å². The van der Waals surface area contributed by atoms with Crippen LogP contribution in [-0.2, 0) is 35.7 Å². The summed E-state index contributed by atoms with van der Waals surface area (Å²) in [6.07, 6.45) is 5.46. The van der Waals surface area contributed by atoms with Crippen molar-refractivity contribution in [3.8, 4) is 0 Å². The van der Waals surface area contributed by atoms with Crippen molar-refractivity contribution in [3.05, 3.63) is 71.4 Å². The number of sulfone groups is 1. The van der Waals surface area contributed by atoms with Crippen LogP contribution in [0.25, 0.3) is 0 Å². The van der Waals surface area contributed by atoms with Crippen molar-refractivity contribution < 1.29 is 17.9 Å². The van der Waals surface area contributed by atoms with Crippen LogP contribution in [-0.4, -0.2) is 21.5 Å². The number of hydrogen-bond donors (Lipinski definition) is 1. The molecule has 2 aromatic carbocycles. The van der Waals surface area contributed by atoms with Crippen molar-refractivity contribution in [1.29, 1.82) is 0 Å². The minimum absolute atomic E-state index is 0.0281. The number of hydrogen-bond acceptors (Lipinski definition) is 5. The highest BCUT2D eigenvalue weighted by Crippen LogP contribution is 2.46. The van der Waals surface area contributed by atoms with E-state index in [9.17, 15) is 13.2 Å². The fraction of sp³-hybridized carbons (Fsp3) is 0.400. The molecule has 0 saturated carbocycles. The van der Waals surface area contributed by atoms with Gasteiger partial charge in [0, 0.05) is 0 Å². The number of carbonyl (C=O) groups is 1. The highest BCUT2D eigenvalue weighted by Gasteiger charge is 2.43. The molecule has 1 unspecified atom stereocenters. The SMILES string of the molecule is COC(=O)C1(c2ccc(S(=O)(=O)c3ccc4c(c3)C(C)(C)CCC4(C)C)cc2)C=CN1. The van der Waals surface area contributed by atoms with Gasteiger partial charge in [-0.1, -0.05) is 45.9 Å². The van der Waals surface area contributed by atoms with Crippen LogP contribution in [0.3, 0.4) is 0 Å². The molecule has 1 heterocycles. The molecule has 0 bridgehead atoms. The Balaban J connectivity index is 1.73. The number of ether oxygens (including phenoxy) is 1. The molecule has 6 heteroatoms. The predicted molar refractivity (Wildman–Crippen MR) is 120 cm³/mol. The lowest BCUT2D eigenvalue weighted by Crippen LogP contribution is -2.51. The normalized spacial score (nSPS) is 23.3. The Hall–Kier alpha value is -2.60. The average Bonchev–Trinajstić information content (AvgIpc) is 2.70. The van der Waals surface area contributed by atoms with E-state index in [-0.39, 0.29) is 15.7 Å². The summed E-state index contributed by atoms with van der Waals surface area (Å²) in [5.74, 6) is -0.440. The third-order valence-corrected chi connectivity index (χ3v) is 8.67. The third-order valence-electron chi connectivity index (χ3n) is 6.91. The van der Waals surface area contributed by atoms with Crippen molar-refractivity contribution in [2.75, 3.05) is 7.11 Å². The smallest absolute Gasteiger partial charge is 0.340 e. The maximum Gasteiger partial charge on any atom is 0.340 e. The van der Waals surface area contributed by atoms with Gasteiger partial charge in [-0.25, -0.2) is 13.2 Å². The molecule has 31 heavy (non-hydrogen) atoms. The van der Waals surface area contributed by atoms with E-state index >= 15 is 0 Å². The second kappa shape index (κ2) is 6.95. The first-order chi connectivity index (χ1) is 14.4. The predicted octanol–water partition coefficient (Wildman–Crippen LogP) is 4.35. The largest absolute Gasteiger partial charge is 0.467 e. The van der Waals surface area contributed by atoms with Gasteiger partial charge < -0.3 is 10.1 Å². The minimum Gasteiger partial charge on any atom is -0.467 e. The summed E-state index contributed by atoms with van der Waals surface area (Å²) in [6.45, 7) is 8.79. The molecule has 1 aliphatic carbocycles.